The first-order chi connectivity index (χ1) is 15.4. The van der Waals surface area contributed by atoms with Crippen molar-refractivity contribution in [3.63, 3.8) is 0 Å². The first-order valence-corrected chi connectivity index (χ1v) is 10.3. The van der Waals surface area contributed by atoms with Crippen LogP contribution in [0.1, 0.15) is 18.7 Å². The number of alkyl halides is 3. The third kappa shape index (κ3) is 7.19. The Hall–Kier alpha value is -2.60. The Labute approximate surface area is 184 Å². The SMILES string of the molecule is COCC1(CO[P+](=O)O)COC(C)C(n2cc(C#CCNC(=O)C(F)(F)F)c(=O)[nH]c2=O)O1. The van der Waals surface area contributed by atoms with Crippen molar-refractivity contribution in [1.29, 1.82) is 0 Å². The molecule has 2 heterocycles. The summed E-state index contributed by atoms with van der Waals surface area (Å²) < 4.78 is 69.8. The number of ether oxygens (including phenoxy) is 3. The van der Waals surface area contributed by atoms with Crippen molar-refractivity contribution < 1.29 is 46.2 Å². The second-order valence-corrected chi connectivity index (χ2v) is 7.58. The van der Waals surface area contributed by atoms with Gasteiger partial charge in [0, 0.05) is 17.9 Å². The molecule has 1 aliphatic heterocycles. The predicted octanol–water partition coefficient (Wildman–Crippen LogP) is -0.448. The molecule has 2 rings (SSSR count). The fourth-order valence-corrected chi connectivity index (χ4v) is 3.14. The first kappa shape index (κ1) is 26.7. The summed E-state index contributed by atoms with van der Waals surface area (Å²) in [6, 6.07) is 0. The molecule has 0 bridgehead atoms. The maximum absolute atomic E-state index is 12.4. The number of carbonyl (C=O) groups excluding carboxylic acids is 1. The largest absolute Gasteiger partial charge is 0.694 e. The lowest BCUT2D eigenvalue weighted by Gasteiger charge is -2.42. The minimum atomic E-state index is -5.08. The molecule has 0 aliphatic carbocycles. The van der Waals surface area contributed by atoms with Crippen molar-refractivity contribution in [1.82, 2.24) is 14.9 Å². The van der Waals surface area contributed by atoms with Gasteiger partial charge in [0.1, 0.15) is 23.9 Å². The zero-order valence-corrected chi connectivity index (χ0v) is 18.2. The number of H-pyrrole nitrogens is 1. The fraction of sp³-hybridized carbons (Fsp3) is 0.588. The van der Waals surface area contributed by atoms with E-state index in [1.54, 1.807) is 6.92 Å². The number of aromatic amines is 1. The summed E-state index contributed by atoms with van der Waals surface area (Å²) in [5.74, 6) is 2.26. The average molecular weight is 498 g/mol. The molecule has 33 heavy (non-hydrogen) atoms. The van der Waals surface area contributed by atoms with Crippen LogP contribution in [0.25, 0.3) is 0 Å². The van der Waals surface area contributed by atoms with Crippen LogP contribution in [-0.2, 0) is 28.1 Å². The molecule has 1 aromatic rings. The van der Waals surface area contributed by atoms with Crippen LogP contribution >= 0.6 is 8.25 Å². The number of carbonyl (C=O) groups is 1. The monoisotopic (exact) mass is 498 g/mol. The Morgan fingerprint density at radius 2 is 2.15 bits per heavy atom. The molecule has 4 unspecified atom stereocenters. The van der Waals surface area contributed by atoms with Crippen LogP contribution < -0.4 is 16.6 Å². The van der Waals surface area contributed by atoms with Crippen molar-refractivity contribution in [2.45, 2.75) is 31.0 Å². The van der Waals surface area contributed by atoms with Crippen LogP contribution in [0.2, 0.25) is 0 Å². The molecule has 1 aromatic heterocycles. The molecule has 0 spiro atoms. The normalized spacial score (nSPS) is 23.4. The zero-order valence-electron chi connectivity index (χ0n) is 17.3. The van der Waals surface area contributed by atoms with E-state index in [1.807, 2.05) is 4.98 Å². The Morgan fingerprint density at radius 3 is 2.76 bits per heavy atom. The lowest BCUT2D eigenvalue weighted by Crippen LogP contribution is -2.55. The van der Waals surface area contributed by atoms with Crippen LogP contribution in [0, 0.1) is 11.8 Å². The maximum atomic E-state index is 12.4. The highest BCUT2D eigenvalue weighted by atomic mass is 31.1. The van der Waals surface area contributed by atoms with E-state index in [-0.39, 0.29) is 18.8 Å². The summed E-state index contributed by atoms with van der Waals surface area (Å²) in [5.41, 5.74) is -3.50. The minimum Gasteiger partial charge on any atom is -0.381 e. The topological polar surface area (TPSA) is 158 Å². The number of amides is 1. The van der Waals surface area contributed by atoms with Crippen LogP contribution in [0.5, 0.6) is 0 Å². The number of halogens is 3. The molecule has 12 nitrogen and oxygen atoms in total. The summed E-state index contributed by atoms with van der Waals surface area (Å²) in [6.07, 6.45) is -5.97. The summed E-state index contributed by atoms with van der Waals surface area (Å²) in [4.78, 5) is 46.2. The molecule has 3 N–H and O–H groups in total. The first-order valence-electron chi connectivity index (χ1n) is 9.15. The Morgan fingerprint density at radius 1 is 1.45 bits per heavy atom. The van der Waals surface area contributed by atoms with Crippen LogP contribution in [0.3, 0.4) is 0 Å². The lowest BCUT2D eigenvalue weighted by atomic mass is 10.1. The Bertz CT molecular complexity index is 1060. The van der Waals surface area contributed by atoms with Gasteiger partial charge in [0.05, 0.1) is 19.8 Å². The Balaban J connectivity index is 2.30. The minimum absolute atomic E-state index is 0.106. The van der Waals surface area contributed by atoms with Crippen molar-refractivity contribution >= 4 is 14.2 Å². The number of aromatic nitrogens is 2. The maximum Gasteiger partial charge on any atom is 0.694 e. The molecule has 0 radical (unpaired) electrons. The van der Waals surface area contributed by atoms with Crippen molar-refractivity contribution in [2.24, 2.45) is 0 Å². The van der Waals surface area contributed by atoms with Gasteiger partial charge >= 0.3 is 26.0 Å². The standard InChI is InChI=1S/C17H19F3N3O9P/c1-10-13(32-16(7-29-2,8-30-10)9-31-33(27)28)23-6-11(12(24)22-15(23)26)4-3-5-21-14(25)17(18,19)20/h6,10,13H,5,7-9H2,1-2H3,(H2-,21,22,24,25,26,27,28)/p+1. The van der Waals surface area contributed by atoms with Gasteiger partial charge in [-0.25, -0.2) is 4.79 Å². The van der Waals surface area contributed by atoms with Gasteiger partial charge in [-0.15, -0.1) is 9.42 Å². The lowest BCUT2D eigenvalue weighted by molar-refractivity contribution is -0.274. The van der Waals surface area contributed by atoms with E-state index >= 15 is 0 Å². The van der Waals surface area contributed by atoms with Gasteiger partial charge in [-0.2, -0.15) is 13.2 Å². The second-order valence-electron chi connectivity index (χ2n) is 6.84. The summed E-state index contributed by atoms with van der Waals surface area (Å²) in [7, 11) is -1.62. The van der Waals surface area contributed by atoms with E-state index in [2.05, 4.69) is 11.8 Å². The molecule has 1 aliphatic rings. The quantitative estimate of drug-likeness (QED) is 0.335. The summed E-state index contributed by atoms with van der Waals surface area (Å²) in [6.45, 7) is 0.197. The molecular weight excluding hydrogens is 478 g/mol. The van der Waals surface area contributed by atoms with Crippen molar-refractivity contribution in [3.8, 4) is 11.8 Å². The van der Waals surface area contributed by atoms with E-state index in [9.17, 15) is 32.1 Å². The molecule has 1 saturated heterocycles. The van der Waals surface area contributed by atoms with Gasteiger partial charge in [0.2, 0.25) is 0 Å². The van der Waals surface area contributed by atoms with E-state index in [0.717, 1.165) is 10.8 Å². The molecule has 4 atom stereocenters. The molecule has 16 heteroatoms. The smallest absolute Gasteiger partial charge is 0.381 e. The number of methoxy groups -OCH3 is 1. The van der Waals surface area contributed by atoms with Crippen LogP contribution in [0.15, 0.2) is 15.8 Å². The zero-order chi connectivity index (χ0) is 24.8. The highest BCUT2D eigenvalue weighted by Crippen LogP contribution is 2.32. The second kappa shape index (κ2) is 11.0. The van der Waals surface area contributed by atoms with Crippen LogP contribution in [0.4, 0.5) is 13.2 Å². The van der Waals surface area contributed by atoms with E-state index in [1.165, 1.54) is 12.4 Å². The van der Waals surface area contributed by atoms with Gasteiger partial charge in [-0.3, -0.25) is 19.1 Å². The molecule has 182 valence electrons. The van der Waals surface area contributed by atoms with Gasteiger partial charge < -0.3 is 19.5 Å². The van der Waals surface area contributed by atoms with E-state index in [4.69, 9.17) is 23.6 Å². The molecule has 0 aromatic carbocycles. The summed E-state index contributed by atoms with van der Waals surface area (Å²) in [5, 5.41) is 1.52. The number of hydrogen-bond donors (Lipinski definition) is 3. The number of nitrogens with one attached hydrogen (secondary N) is 2. The van der Waals surface area contributed by atoms with E-state index in [0.29, 0.717) is 0 Å². The molecule has 0 saturated carbocycles. The number of nitrogens with zero attached hydrogens (tertiary/aromatic N) is 1. The number of hydrogen-bond acceptors (Lipinski definition) is 8. The number of rotatable bonds is 7. The van der Waals surface area contributed by atoms with Gasteiger partial charge in [0.15, 0.2) is 6.23 Å². The van der Waals surface area contributed by atoms with E-state index < -0.39 is 62.7 Å². The van der Waals surface area contributed by atoms with Gasteiger partial charge in [-0.05, 0) is 6.92 Å². The van der Waals surface area contributed by atoms with Gasteiger partial charge in [-0.1, -0.05) is 11.8 Å². The molecule has 1 fully saturated rings. The highest BCUT2D eigenvalue weighted by Gasteiger charge is 2.45. The fourth-order valence-electron chi connectivity index (χ4n) is 2.79. The molecule has 1 amide bonds. The van der Waals surface area contributed by atoms with Crippen LogP contribution in [-0.4, -0.2) is 71.7 Å². The van der Waals surface area contributed by atoms with Gasteiger partial charge in [0.25, 0.3) is 5.56 Å². The Kier molecular flexibility index (Phi) is 8.89. The third-order valence-electron chi connectivity index (χ3n) is 4.29. The van der Waals surface area contributed by atoms with Crippen molar-refractivity contribution in [3.05, 3.63) is 32.6 Å². The van der Waals surface area contributed by atoms with Crippen molar-refractivity contribution in [2.75, 3.05) is 33.5 Å². The highest BCUT2D eigenvalue weighted by molar-refractivity contribution is 7.32. The molecular formula is C17H20F3N3O9P+. The average Bonchev–Trinajstić information content (AvgIpc) is 2.72. The predicted molar refractivity (Wildman–Crippen MR) is 103 cm³/mol. The summed E-state index contributed by atoms with van der Waals surface area (Å²) >= 11 is 0. The third-order valence-corrected chi connectivity index (χ3v) is 4.64.